The molecule has 36 heavy (non-hydrogen) atoms. The van der Waals surface area contributed by atoms with Crippen LogP contribution in [0, 0.1) is 5.82 Å². The maximum Gasteiger partial charge on any atom is 0.263 e. The van der Waals surface area contributed by atoms with E-state index in [1.165, 1.54) is 12.1 Å². The normalized spacial score (nSPS) is 18.8. The summed E-state index contributed by atoms with van der Waals surface area (Å²) in [5, 5.41) is 2.00. The molecule has 0 bridgehead atoms. The predicted molar refractivity (Wildman–Crippen MR) is 139 cm³/mol. The molecule has 6 rings (SSSR count). The van der Waals surface area contributed by atoms with Gasteiger partial charge in [0.2, 0.25) is 0 Å². The molecule has 2 aromatic carbocycles. The van der Waals surface area contributed by atoms with Crippen LogP contribution in [0.3, 0.4) is 0 Å². The fourth-order valence-electron chi connectivity index (χ4n) is 5.53. The van der Waals surface area contributed by atoms with E-state index in [4.69, 9.17) is 27.9 Å². The molecule has 2 aliphatic rings. The number of amides is 1. The van der Waals surface area contributed by atoms with Crippen molar-refractivity contribution in [3.63, 3.8) is 0 Å². The number of carbonyl (C=O) groups excluding carboxylic acids is 1. The first kappa shape index (κ1) is 23.3. The third kappa shape index (κ3) is 3.93. The monoisotopic (exact) mass is 523 g/mol. The van der Waals surface area contributed by atoms with E-state index in [1.807, 2.05) is 35.4 Å². The van der Waals surface area contributed by atoms with Crippen LogP contribution in [0.2, 0.25) is 10.0 Å². The van der Waals surface area contributed by atoms with Crippen molar-refractivity contribution in [3.05, 3.63) is 81.8 Å². The van der Waals surface area contributed by atoms with Gasteiger partial charge in [-0.05, 0) is 65.8 Å². The van der Waals surface area contributed by atoms with Crippen molar-refractivity contribution in [2.45, 2.75) is 37.7 Å². The van der Waals surface area contributed by atoms with Crippen LogP contribution < -0.4 is 4.74 Å². The predicted octanol–water partition coefficient (Wildman–Crippen LogP) is 6.56. The second-order valence-electron chi connectivity index (χ2n) is 9.86. The number of hydrogen-bond donors (Lipinski definition) is 1. The molecule has 4 heterocycles. The van der Waals surface area contributed by atoms with Gasteiger partial charge in [-0.15, -0.1) is 0 Å². The highest BCUT2D eigenvalue weighted by Gasteiger charge is 2.39. The molecule has 1 atom stereocenters. The van der Waals surface area contributed by atoms with Crippen molar-refractivity contribution in [2.24, 2.45) is 0 Å². The molecule has 2 aliphatic heterocycles. The largest absolute Gasteiger partial charge is 0.479 e. The lowest BCUT2D eigenvalue weighted by molar-refractivity contribution is -0.139. The van der Waals surface area contributed by atoms with Crippen LogP contribution in [0.1, 0.15) is 30.9 Å². The minimum absolute atomic E-state index is 0.0259. The zero-order valence-electron chi connectivity index (χ0n) is 19.7. The Bertz CT molecular complexity index is 1490. The average molecular weight is 524 g/mol. The number of ether oxygens (including phenoxy) is 1. The molecule has 5 nitrogen and oxygen atoms in total. The number of aromatic amines is 1. The third-order valence-corrected chi connectivity index (χ3v) is 8.11. The third-order valence-electron chi connectivity index (χ3n) is 7.58. The second kappa shape index (κ2) is 8.79. The van der Waals surface area contributed by atoms with Crippen molar-refractivity contribution in [2.75, 3.05) is 13.1 Å². The number of fused-ring (bicyclic) bond motifs is 2. The van der Waals surface area contributed by atoms with Crippen LogP contribution in [0.5, 0.6) is 5.75 Å². The minimum atomic E-state index is -0.598. The Labute approximate surface area is 218 Å². The standard InChI is InChI=1S/C28H24Cl2FN3O2/c1-28(22-3-2-18(31)15-23(22)30)6-10-34(11-7-28)27(35)24-13-16-12-17(29)14-21(25(16)36-24)19-4-8-32-26-20(19)5-9-33-26/h2-5,8-9,12,14-15,24H,6-7,10-11,13H2,1H3,(H,32,33). The number of hydrogen-bond acceptors (Lipinski definition) is 3. The van der Waals surface area contributed by atoms with Gasteiger partial charge in [0.25, 0.3) is 5.91 Å². The first-order chi connectivity index (χ1) is 17.3. The van der Waals surface area contributed by atoms with Crippen molar-refractivity contribution in [1.29, 1.82) is 0 Å². The van der Waals surface area contributed by atoms with Crippen molar-refractivity contribution in [3.8, 4) is 16.9 Å². The van der Waals surface area contributed by atoms with Crippen LogP contribution >= 0.6 is 23.2 Å². The van der Waals surface area contributed by atoms with Gasteiger partial charge in [-0.3, -0.25) is 4.79 Å². The molecule has 1 amide bonds. The van der Waals surface area contributed by atoms with E-state index < -0.39 is 6.10 Å². The van der Waals surface area contributed by atoms with Crippen LogP contribution in [0.4, 0.5) is 4.39 Å². The number of benzene rings is 2. The van der Waals surface area contributed by atoms with Crippen molar-refractivity contribution in [1.82, 2.24) is 14.9 Å². The van der Waals surface area contributed by atoms with Gasteiger partial charge in [-0.25, -0.2) is 9.37 Å². The maximum absolute atomic E-state index is 13.6. The molecule has 0 spiro atoms. The Balaban J connectivity index is 1.22. The molecule has 2 aromatic heterocycles. The summed E-state index contributed by atoms with van der Waals surface area (Å²) in [4.78, 5) is 22.9. The van der Waals surface area contributed by atoms with Gasteiger partial charge in [-0.1, -0.05) is 36.2 Å². The minimum Gasteiger partial charge on any atom is -0.479 e. The van der Waals surface area contributed by atoms with E-state index in [9.17, 15) is 9.18 Å². The molecule has 1 unspecified atom stereocenters. The first-order valence-corrected chi connectivity index (χ1v) is 12.7. The van der Waals surface area contributed by atoms with E-state index in [0.29, 0.717) is 35.3 Å². The van der Waals surface area contributed by atoms with Crippen molar-refractivity contribution >= 4 is 40.1 Å². The summed E-state index contributed by atoms with van der Waals surface area (Å²) in [6.45, 7) is 3.29. The lowest BCUT2D eigenvalue weighted by atomic mass is 9.74. The van der Waals surface area contributed by atoms with E-state index in [-0.39, 0.29) is 17.1 Å². The molecule has 1 N–H and O–H groups in total. The zero-order valence-corrected chi connectivity index (χ0v) is 21.2. The van der Waals surface area contributed by atoms with Gasteiger partial charge in [-0.2, -0.15) is 0 Å². The Morgan fingerprint density at radius 2 is 1.94 bits per heavy atom. The number of likely N-dealkylation sites (tertiary alicyclic amines) is 1. The summed E-state index contributed by atoms with van der Waals surface area (Å²) >= 11 is 12.8. The topological polar surface area (TPSA) is 58.2 Å². The average Bonchev–Trinajstić information content (AvgIpc) is 3.50. The summed E-state index contributed by atoms with van der Waals surface area (Å²) in [6.07, 6.45) is 4.95. The van der Waals surface area contributed by atoms with Crippen LogP contribution in [-0.2, 0) is 16.6 Å². The molecule has 184 valence electrons. The number of rotatable bonds is 3. The lowest BCUT2D eigenvalue weighted by Gasteiger charge is -2.40. The molecule has 0 radical (unpaired) electrons. The summed E-state index contributed by atoms with van der Waals surface area (Å²) in [5.41, 5.74) is 4.23. The van der Waals surface area contributed by atoms with Crippen LogP contribution in [0.25, 0.3) is 22.2 Å². The fourth-order valence-corrected chi connectivity index (χ4v) is 6.17. The molecule has 1 saturated heterocycles. The highest BCUT2D eigenvalue weighted by atomic mass is 35.5. The molecule has 0 saturated carbocycles. The molecule has 0 aliphatic carbocycles. The Morgan fingerprint density at radius 3 is 2.72 bits per heavy atom. The Morgan fingerprint density at radius 1 is 1.14 bits per heavy atom. The number of H-pyrrole nitrogens is 1. The Kier molecular flexibility index (Phi) is 5.69. The molecular formula is C28H24Cl2FN3O2. The van der Waals surface area contributed by atoms with E-state index in [2.05, 4.69) is 16.9 Å². The number of piperidine rings is 1. The van der Waals surface area contributed by atoms with Gasteiger partial charge < -0.3 is 14.6 Å². The molecule has 8 heteroatoms. The van der Waals surface area contributed by atoms with Crippen LogP contribution in [-0.4, -0.2) is 40.0 Å². The smallest absolute Gasteiger partial charge is 0.263 e. The van der Waals surface area contributed by atoms with Gasteiger partial charge in [0.15, 0.2) is 6.10 Å². The summed E-state index contributed by atoms with van der Waals surface area (Å²) in [7, 11) is 0. The summed E-state index contributed by atoms with van der Waals surface area (Å²) < 4.78 is 19.9. The zero-order chi connectivity index (χ0) is 25.0. The second-order valence-corrected chi connectivity index (χ2v) is 10.7. The quantitative estimate of drug-likeness (QED) is 0.330. The first-order valence-electron chi connectivity index (χ1n) is 12.0. The van der Waals surface area contributed by atoms with Crippen molar-refractivity contribution < 1.29 is 13.9 Å². The van der Waals surface area contributed by atoms with Crippen LogP contribution in [0.15, 0.2) is 54.9 Å². The highest BCUT2D eigenvalue weighted by Crippen LogP contribution is 2.44. The number of halogens is 3. The summed E-state index contributed by atoms with van der Waals surface area (Å²) in [6, 6.07) is 12.2. The van der Waals surface area contributed by atoms with Gasteiger partial charge in [0, 0.05) is 58.5 Å². The van der Waals surface area contributed by atoms with E-state index in [0.717, 1.165) is 46.1 Å². The Hall–Kier alpha value is -3.09. The number of pyridine rings is 1. The number of carbonyl (C=O) groups is 1. The van der Waals surface area contributed by atoms with Gasteiger partial charge in [0.1, 0.15) is 17.2 Å². The fraction of sp³-hybridized carbons (Fsp3) is 0.286. The lowest BCUT2D eigenvalue weighted by Crippen LogP contribution is -2.48. The number of nitrogens with zero attached hydrogens (tertiary/aromatic N) is 2. The number of nitrogens with one attached hydrogen (secondary N) is 1. The van der Waals surface area contributed by atoms with Gasteiger partial charge >= 0.3 is 0 Å². The summed E-state index contributed by atoms with van der Waals surface area (Å²) in [5.74, 6) is 0.329. The molecule has 1 fully saturated rings. The maximum atomic E-state index is 13.6. The number of aromatic nitrogens is 2. The van der Waals surface area contributed by atoms with E-state index >= 15 is 0 Å². The van der Waals surface area contributed by atoms with E-state index in [1.54, 1.807) is 12.3 Å². The highest BCUT2D eigenvalue weighted by molar-refractivity contribution is 6.31. The van der Waals surface area contributed by atoms with Gasteiger partial charge in [0.05, 0.1) is 0 Å². The molecule has 4 aromatic rings. The molecular weight excluding hydrogens is 500 g/mol. The SMILES string of the molecule is CC1(c2ccc(F)cc2Cl)CCN(C(=O)C2Cc3cc(Cl)cc(-c4ccnc5[nH]ccc45)c3O2)CC1.